The molecule has 5 atom stereocenters. The number of hydrogen-bond donors (Lipinski definition) is 3. The summed E-state index contributed by atoms with van der Waals surface area (Å²) in [6, 6.07) is 29.5. The molecule has 6 rings (SSSR count). The SMILES string of the molecule is CC[C@H]1O[C@]2(O[C@H](CC)c3cccc(C(=O)N[C@@H](CO)c4ccccc4)c32)c2c(C(=O)C[C@@H](CO)c3ccccc3)cccc21. The molecule has 2 aliphatic heterocycles. The van der Waals surface area contributed by atoms with Gasteiger partial charge >= 0.3 is 0 Å². The van der Waals surface area contributed by atoms with Crippen molar-refractivity contribution in [2.45, 2.75) is 63.1 Å². The van der Waals surface area contributed by atoms with Gasteiger partial charge in [0.1, 0.15) is 0 Å². The third-order valence-electron chi connectivity index (χ3n) is 9.06. The number of hydrogen-bond acceptors (Lipinski definition) is 6. The highest BCUT2D eigenvalue weighted by Crippen LogP contribution is 2.59. The Bertz CT molecular complexity index is 1550. The van der Waals surface area contributed by atoms with Crippen LogP contribution in [0.15, 0.2) is 97.1 Å². The number of rotatable bonds is 11. The molecule has 0 bridgehead atoms. The summed E-state index contributed by atoms with van der Waals surface area (Å²) in [6.45, 7) is 3.61. The highest BCUT2D eigenvalue weighted by atomic mass is 16.7. The molecule has 2 aliphatic rings. The quantitative estimate of drug-likeness (QED) is 0.165. The molecule has 4 aromatic rings. The van der Waals surface area contributed by atoms with E-state index < -0.39 is 11.8 Å². The van der Waals surface area contributed by atoms with E-state index in [0.29, 0.717) is 35.1 Å². The average Bonchev–Trinajstić information content (AvgIpc) is 3.60. The Morgan fingerprint density at radius 1 is 0.711 bits per heavy atom. The zero-order chi connectivity index (χ0) is 31.6. The summed E-state index contributed by atoms with van der Waals surface area (Å²) in [4.78, 5) is 28.3. The van der Waals surface area contributed by atoms with Crippen LogP contribution in [0.2, 0.25) is 0 Å². The molecule has 0 saturated heterocycles. The zero-order valence-electron chi connectivity index (χ0n) is 25.6. The van der Waals surface area contributed by atoms with Crippen LogP contribution in [-0.2, 0) is 15.3 Å². The van der Waals surface area contributed by atoms with Gasteiger partial charge in [-0.25, -0.2) is 0 Å². The summed E-state index contributed by atoms with van der Waals surface area (Å²) in [7, 11) is 0. The van der Waals surface area contributed by atoms with Crippen LogP contribution in [0.1, 0.15) is 111 Å². The molecule has 0 aromatic heterocycles. The molecule has 0 aliphatic carbocycles. The van der Waals surface area contributed by atoms with E-state index in [9.17, 15) is 19.8 Å². The zero-order valence-corrected chi connectivity index (χ0v) is 25.6. The standard InChI is InChI=1S/C38H39NO6/c1-3-33-28-18-11-17-27(32(42)21-26(22-40)24-13-7-5-8-14-24)35(28)38(44-33)36-29(34(4-2)45-38)19-12-20-30(36)37(43)39-31(23-41)25-15-9-6-10-16-25/h5-20,26,31,33-34,40-41H,3-4,21-23H2,1-2H3,(H,39,43)/t26-,31-,33+,34+,38-/m0/s1. The van der Waals surface area contributed by atoms with Crippen LogP contribution in [0, 0.1) is 0 Å². The Kier molecular flexibility index (Phi) is 8.97. The lowest BCUT2D eigenvalue weighted by molar-refractivity contribution is -0.236. The van der Waals surface area contributed by atoms with E-state index in [0.717, 1.165) is 22.3 Å². The van der Waals surface area contributed by atoms with Gasteiger partial charge in [0, 0.05) is 34.6 Å². The van der Waals surface area contributed by atoms with Crippen LogP contribution in [0.5, 0.6) is 0 Å². The molecule has 1 spiro atoms. The number of carbonyl (C=O) groups is 2. The summed E-state index contributed by atoms with van der Waals surface area (Å²) < 4.78 is 13.7. The van der Waals surface area contributed by atoms with Crippen molar-refractivity contribution >= 4 is 11.7 Å². The highest BCUT2D eigenvalue weighted by Gasteiger charge is 2.57. The molecule has 7 nitrogen and oxygen atoms in total. The Morgan fingerprint density at radius 2 is 1.24 bits per heavy atom. The molecule has 4 aromatic carbocycles. The van der Waals surface area contributed by atoms with Gasteiger partial charge in [0.2, 0.25) is 5.79 Å². The number of ketones is 1. The first-order chi connectivity index (χ1) is 21.9. The predicted molar refractivity (Wildman–Crippen MR) is 171 cm³/mol. The number of fused-ring (bicyclic) bond motifs is 4. The smallest absolute Gasteiger partial charge is 0.252 e. The van der Waals surface area contributed by atoms with Crippen molar-refractivity contribution in [3.8, 4) is 0 Å². The van der Waals surface area contributed by atoms with Gasteiger partial charge in [-0.2, -0.15) is 0 Å². The molecule has 7 heteroatoms. The lowest BCUT2D eigenvalue weighted by Gasteiger charge is -2.30. The number of amides is 1. The highest BCUT2D eigenvalue weighted by molar-refractivity contribution is 6.00. The molecule has 0 fully saturated rings. The number of Topliss-reactive ketones (excluding diaryl/α,β-unsaturated/α-hetero) is 1. The normalized spacial score (nSPS) is 21.2. The third-order valence-corrected chi connectivity index (χ3v) is 9.06. The Balaban J connectivity index is 1.46. The molecule has 3 N–H and O–H groups in total. The fourth-order valence-corrected chi connectivity index (χ4v) is 6.86. The molecule has 0 radical (unpaired) electrons. The number of aliphatic hydroxyl groups excluding tert-OH is 2. The van der Waals surface area contributed by atoms with Crippen molar-refractivity contribution in [1.82, 2.24) is 5.32 Å². The minimum absolute atomic E-state index is 0.102. The average molecular weight is 606 g/mol. The number of benzene rings is 4. The fraction of sp³-hybridized carbons (Fsp3) is 0.316. The van der Waals surface area contributed by atoms with Crippen LogP contribution in [0.25, 0.3) is 0 Å². The van der Waals surface area contributed by atoms with Gasteiger partial charge in [-0.1, -0.05) is 105 Å². The molecular weight excluding hydrogens is 566 g/mol. The second kappa shape index (κ2) is 13.1. The van der Waals surface area contributed by atoms with Crippen molar-refractivity contribution < 1.29 is 29.3 Å². The van der Waals surface area contributed by atoms with Gasteiger partial charge in [0.05, 0.1) is 31.5 Å². The van der Waals surface area contributed by atoms with Crippen molar-refractivity contribution in [3.63, 3.8) is 0 Å². The van der Waals surface area contributed by atoms with Gasteiger partial charge in [-0.05, 0) is 41.2 Å². The van der Waals surface area contributed by atoms with Crippen molar-refractivity contribution in [1.29, 1.82) is 0 Å². The number of ether oxygens (including phenoxy) is 2. The first-order valence-electron chi connectivity index (χ1n) is 15.7. The van der Waals surface area contributed by atoms with Crippen molar-refractivity contribution in [3.05, 3.63) is 142 Å². The maximum Gasteiger partial charge on any atom is 0.252 e. The van der Waals surface area contributed by atoms with E-state index in [-0.39, 0.29) is 49.5 Å². The van der Waals surface area contributed by atoms with Crippen molar-refractivity contribution in [2.75, 3.05) is 13.2 Å². The second-order valence-corrected chi connectivity index (χ2v) is 11.7. The van der Waals surface area contributed by atoms with Crippen molar-refractivity contribution in [2.24, 2.45) is 0 Å². The minimum atomic E-state index is -1.48. The minimum Gasteiger partial charge on any atom is -0.396 e. The summed E-state index contributed by atoms with van der Waals surface area (Å²) in [6.07, 6.45) is 0.655. The topological polar surface area (TPSA) is 105 Å². The van der Waals surface area contributed by atoms with Gasteiger partial charge in [0.25, 0.3) is 5.91 Å². The predicted octanol–water partition coefficient (Wildman–Crippen LogP) is 6.66. The maximum absolute atomic E-state index is 14.2. The lowest BCUT2D eigenvalue weighted by atomic mass is 9.83. The summed E-state index contributed by atoms with van der Waals surface area (Å²) in [5.41, 5.74) is 5.45. The lowest BCUT2D eigenvalue weighted by Crippen LogP contribution is -2.35. The summed E-state index contributed by atoms with van der Waals surface area (Å²) in [5.74, 6) is -2.35. The summed E-state index contributed by atoms with van der Waals surface area (Å²) in [5, 5.41) is 23.5. The molecule has 232 valence electrons. The van der Waals surface area contributed by atoms with E-state index in [1.165, 1.54) is 0 Å². The maximum atomic E-state index is 14.2. The van der Waals surface area contributed by atoms with E-state index in [1.807, 2.05) is 98.8 Å². The first kappa shape index (κ1) is 30.9. The van der Waals surface area contributed by atoms with Crippen LogP contribution < -0.4 is 5.32 Å². The Morgan fingerprint density at radius 3 is 1.78 bits per heavy atom. The van der Waals surface area contributed by atoms with Gasteiger partial charge < -0.3 is 25.0 Å². The molecule has 0 unspecified atom stereocenters. The fourth-order valence-electron chi connectivity index (χ4n) is 6.86. The molecule has 0 saturated carbocycles. The molecule has 2 heterocycles. The van der Waals surface area contributed by atoms with Gasteiger partial charge in [-0.15, -0.1) is 0 Å². The van der Waals surface area contributed by atoms with Gasteiger partial charge in [0.15, 0.2) is 5.78 Å². The molecule has 45 heavy (non-hydrogen) atoms. The van der Waals surface area contributed by atoms with E-state index in [1.54, 1.807) is 12.1 Å². The molecule has 1 amide bonds. The second-order valence-electron chi connectivity index (χ2n) is 11.7. The Labute approximate surface area is 263 Å². The van der Waals surface area contributed by atoms with Gasteiger partial charge in [-0.3, -0.25) is 9.59 Å². The third kappa shape index (κ3) is 5.51. The van der Waals surface area contributed by atoms with Crippen LogP contribution in [0.4, 0.5) is 0 Å². The monoisotopic (exact) mass is 605 g/mol. The number of carbonyl (C=O) groups excluding carboxylic acids is 2. The van der Waals surface area contributed by atoms with E-state index >= 15 is 0 Å². The van der Waals surface area contributed by atoms with Crippen LogP contribution in [0.3, 0.4) is 0 Å². The van der Waals surface area contributed by atoms with E-state index in [2.05, 4.69) is 5.32 Å². The summed E-state index contributed by atoms with van der Waals surface area (Å²) >= 11 is 0. The van der Waals surface area contributed by atoms with E-state index in [4.69, 9.17) is 9.47 Å². The number of nitrogens with one attached hydrogen (secondary N) is 1. The van der Waals surface area contributed by atoms with Crippen LogP contribution in [-0.4, -0.2) is 35.1 Å². The number of aliphatic hydroxyl groups is 2. The first-order valence-corrected chi connectivity index (χ1v) is 15.7. The molecular formula is C38H39NO6. The Hall–Kier alpha value is -4.14. The largest absolute Gasteiger partial charge is 0.396 e. The van der Waals surface area contributed by atoms with Crippen LogP contribution >= 0.6 is 0 Å².